The van der Waals surface area contributed by atoms with E-state index in [1.54, 1.807) is 0 Å². The van der Waals surface area contributed by atoms with Crippen molar-refractivity contribution in [1.29, 1.82) is 0 Å². The average molecular weight is 433 g/mol. The maximum atomic E-state index is 10.5. The zero-order chi connectivity index (χ0) is 23.2. The molecule has 0 aromatic heterocycles. The maximum Gasteiger partial charge on any atom is 0.122 e. The number of ether oxygens (including phenoxy) is 1. The molecule has 0 saturated heterocycles. The summed E-state index contributed by atoms with van der Waals surface area (Å²) in [5.41, 5.74) is 3.54. The van der Waals surface area contributed by atoms with Crippen LogP contribution in [0.3, 0.4) is 0 Å². The van der Waals surface area contributed by atoms with Gasteiger partial charge in [0, 0.05) is 5.92 Å². The molecule has 31 heavy (non-hydrogen) atoms. The first-order chi connectivity index (χ1) is 14.5. The number of hydrogen-bond donors (Lipinski definition) is 1. The van der Waals surface area contributed by atoms with E-state index in [0.717, 1.165) is 48.3 Å². The Kier molecular flexibility index (Phi) is 10.2. The summed E-state index contributed by atoms with van der Waals surface area (Å²) < 4.78 is 6.64. The van der Waals surface area contributed by atoms with Crippen molar-refractivity contribution in [3.05, 3.63) is 22.5 Å². The predicted octanol–water partition coefficient (Wildman–Crippen LogP) is 8.60. The lowest BCUT2D eigenvalue weighted by atomic mass is 9.76. The fraction of sp³-hybridized carbons (Fsp3) is 0.862. The van der Waals surface area contributed by atoms with Gasteiger partial charge in [0.15, 0.2) is 0 Å². The van der Waals surface area contributed by atoms with Crippen molar-refractivity contribution in [2.75, 3.05) is 0 Å². The van der Waals surface area contributed by atoms with Gasteiger partial charge in [-0.1, -0.05) is 79.6 Å². The summed E-state index contributed by atoms with van der Waals surface area (Å²) in [4.78, 5) is 0. The van der Waals surface area contributed by atoms with Crippen LogP contribution < -0.4 is 0 Å². The van der Waals surface area contributed by atoms with Crippen LogP contribution in [0.4, 0.5) is 0 Å². The van der Waals surface area contributed by atoms with Gasteiger partial charge >= 0.3 is 0 Å². The lowest BCUT2D eigenvalue weighted by molar-refractivity contribution is -0.0167. The Balaban J connectivity index is 1.71. The molecular formula is C29H52O2. The van der Waals surface area contributed by atoms with Crippen LogP contribution in [0, 0.1) is 23.7 Å². The highest BCUT2D eigenvalue weighted by Crippen LogP contribution is 2.45. The van der Waals surface area contributed by atoms with E-state index in [1.807, 2.05) is 0 Å². The third-order valence-corrected chi connectivity index (χ3v) is 8.24. The Hall–Kier alpha value is -0.760. The normalized spacial score (nSPS) is 28.6. The number of aliphatic hydroxyl groups is 1. The minimum absolute atomic E-state index is 0.0486. The van der Waals surface area contributed by atoms with Crippen molar-refractivity contribution in [3.63, 3.8) is 0 Å². The Labute approximate surface area is 193 Å². The van der Waals surface area contributed by atoms with Crippen LogP contribution in [0.1, 0.15) is 126 Å². The van der Waals surface area contributed by atoms with E-state index >= 15 is 0 Å². The van der Waals surface area contributed by atoms with Gasteiger partial charge in [-0.05, 0) is 80.9 Å². The van der Waals surface area contributed by atoms with Crippen molar-refractivity contribution >= 4 is 0 Å². The van der Waals surface area contributed by atoms with Crippen molar-refractivity contribution in [1.82, 2.24) is 0 Å². The predicted molar refractivity (Wildman–Crippen MR) is 134 cm³/mol. The van der Waals surface area contributed by atoms with Crippen molar-refractivity contribution in [2.24, 2.45) is 23.7 Å². The number of hydrogen-bond acceptors (Lipinski definition) is 2. The Bertz CT molecular complexity index is 629. The van der Waals surface area contributed by atoms with Crippen LogP contribution in [0.25, 0.3) is 0 Å². The zero-order valence-electron chi connectivity index (χ0n) is 22.0. The first kappa shape index (κ1) is 26.5. The molecule has 0 bridgehead atoms. The minimum Gasteiger partial charge on any atom is -0.487 e. The van der Waals surface area contributed by atoms with E-state index in [-0.39, 0.29) is 17.6 Å². The maximum absolute atomic E-state index is 10.5. The topological polar surface area (TPSA) is 29.5 Å². The summed E-state index contributed by atoms with van der Waals surface area (Å²) in [6.07, 6.45) is 13.9. The highest BCUT2D eigenvalue weighted by molar-refractivity contribution is 5.42. The summed E-state index contributed by atoms with van der Waals surface area (Å²) in [5.74, 6) is 3.85. The van der Waals surface area contributed by atoms with Crippen LogP contribution in [-0.2, 0) is 4.74 Å². The van der Waals surface area contributed by atoms with E-state index < -0.39 is 0 Å². The highest BCUT2D eigenvalue weighted by Gasteiger charge is 2.39. The Morgan fingerprint density at radius 3 is 2.06 bits per heavy atom. The van der Waals surface area contributed by atoms with E-state index in [1.165, 1.54) is 62.5 Å². The molecule has 2 aliphatic rings. The van der Waals surface area contributed by atoms with Gasteiger partial charge in [0.2, 0.25) is 0 Å². The fourth-order valence-corrected chi connectivity index (χ4v) is 5.57. The second-order valence-electron chi connectivity index (χ2n) is 11.8. The molecule has 0 fully saturated rings. The molecule has 2 heteroatoms. The number of aliphatic hydroxyl groups excluding tert-OH is 1. The summed E-state index contributed by atoms with van der Waals surface area (Å²) in [7, 11) is 0. The second-order valence-corrected chi connectivity index (χ2v) is 11.8. The molecule has 180 valence electrons. The monoisotopic (exact) mass is 432 g/mol. The van der Waals surface area contributed by atoms with Gasteiger partial charge in [0.1, 0.15) is 11.4 Å². The van der Waals surface area contributed by atoms with Gasteiger partial charge in [-0.2, -0.15) is 0 Å². The molecular weight excluding hydrogens is 380 g/mol. The molecule has 0 amide bonds. The Morgan fingerprint density at radius 2 is 1.48 bits per heavy atom. The van der Waals surface area contributed by atoms with Gasteiger partial charge in [0.05, 0.1) is 6.10 Å². The molecule has 2 unspecified atom stereocenters. The van der Waals surface area contributed by atoms with E-state index in [9.17, 15) is 5.11 Å². The quantitative estimate of drug-likeness (QED) is 0.334. The van der Waals surface area contributed by atoms with Gasteiger partial charge in [-0.15, -0.1) is 0 Å². The van der Waals surface area contributed by atoms with E-state index in [0.29, 0.717) is 0 Å². The SMILES string of the molecule is CC1=C(C)C(O)C(C)C2=C1O[C@](C)(CCC[C@H](C)CCC[C@H](C)CCCC(C)C)CC2. The van der Waals surface area contributed by atoms with Gasteiger partial charge in [-0.3, -0.25) is 0 Å². The molecule has 0 aromatic carbocycles. The fourth-order valence-electron chi connectivity index (χ4n) is 5.57. The molecule has 2 rings (SSSR count). The van der Waals surface area contributed by atoms with Crippen molar-refractivity contribution < 1.29 is 9.84 Å². The lowest BCUT2D eigenvalue weighted by Crippen LogP contribution is -2.38. The number of allylic oxidation sites excluding steroid dienone is 1. The molecule has 0 aromatic rings. The second kappa shape index (κ2) is 11.9. The minimum atomic E-state index is -0.342. The van der Waals surface area contributed by atoms with Gasteiger partial charge < -0.3 is 9.84 Å². The molecule has 1 aliphatic heterocycles. The standard InChI is InChI=1S/C29H52O2/c1-20(2)12-9-13-21(3)14-10-15-22(4)16-11-18-29(8)19-17-26-25(7)27(30)23(5)24(6)28(26)31-29/h20-22,25,27,30H,9-19H2,1-8H3/t21-,22-,25?,27?,29-/m1/s1. The molecule has 5 atom stereocenters. The molecule has 0 spiro atoms. The van der Waals surface area contributed by atoms with Crippen molar-refractivity contribution in [3.8, 4) is 0 Å². The lowest BCUT2D eigenvalue weighted by Gasteiger charge is -2.43. The third-order valence-electron chi connectivity index (χ3n) is 8.24. The summed E-state index contributed by atoms with van der Waals surface area (Å²) >= 11 is 0. The summed E-state index contributed by atoms with van der Waals surface area (Å²) in [5, 5.41) is 10.5. The van der Waals surface area contributed by atoms with Crippen LogP contribution in [0.2, 0.25) is 0 Å². The molecule has 1 N–H and O–H groups in total. The van der Waals surface area contributed by atoms with Gasteiger partial charge in [0.25, 0.3) is 0 Å². The first-order valence-corrected chi connectivity index (χ1v) is 13.3. The average Bonchev–Trinajstić information content (AvgIpc) is 2.70. The molecule has 1 heterocycles. The third kappa shape index (κ3) is 7.65. The molecule has 0 radical (unpaired) electrons. The molecule has 2 nitrogen and oxygen atoms in total. The van der Waals surface area contributed by atoms with Crippen LogP contribution in [0.5, 0.6) is 0 Å². The van der Waals surface area contributed by atoms with Gasteiger partial charge in [-0.25, -0.2) is 0 Å². The summed E-state index contributed by atoms with van der Waals surface area (Å²) in [6.45, 7) is 18.2. The first-order valence-electron chi connectivity index (χ1n) is 13.3. The highest BCUT2D eigenvalue weighted by atomic mass is 16.5. The van der Waals surface area contributed by atoms with Crippen molar-refractivity contribution in [2.45, 2.75) is 138 Å². The Morgan fingerprint density at radius 1 is 0.935 bits per heavy atom. The van der Waals surface area contributed by atoms with E-state index in [2.05, 4.69) is 55.4 Å². The van der Waals surface area contributed by atoms with Crippen LogP contribution in [0.15, 0.2) is 22.5 Å². The van der Waals surface area contributed by atoms with Crippen LogP contribution >= 0.6 is 0 Å². The van der Waals surface area contributed by atoms with E-state index in [4.69, 9.17) is 4.74 Å². The largest absolute Gasteiger partial charge is 0.487 e. The summed E-state index contributed by atoms with van der Waals surface area (Å²) in [6, 6.07) is 0. The number of rotatable bonds is 12. The molecule has 0 saturated carbocycles. The molecule has 1 aliphatic carbocycles. The van der Waals surface area contributed by atoms with Crippen LogP contribution in [-0.4, -0.2) is 16.8 Å². The zero-order valence-corrected chi connectivity index (χ0v) is 22.0. The smallest absolute Gasteiger partial charge is 0.122 e.